The van der Waals surface area contributed by atoms with Crippen molar-refractivity contribution in [2.24, 2.45) is 18.9 Å². The van der Waals surface area contributed by atoms with Gasteiger partial charge in [-0.15, -0.1) is 11.6 Å². The first-order valence-corrected chi connectivity index (χ1v) is 7.07. The van der Waals surface area contributed by atoms with Crippen molar-refractivity contribution >= 4 is 17.5 Å². The van der Waals surface area contributed by atoms with Gasteiger partial charge in [-0.1, -0.05) is 12.8 Å². The quantitative estimate of drug-likeness (QED) is 0.852. The first kappa shape index (κ1) is 13.4. The van der Waals surface area contributed by atoms with Crippen LogP contribution in [0, 0.1) is 11.8 Å². The SMILES string of the molecule is Cn1cc(C(=O)NCC2CCCCC2CCl)cn1. The average molecular weight is 270 g/mol. The Morgan fingerprint density at radius 2 is 2.22 bits per heavy atom. The van der Waals surface area contributed by atoms with Gasteiger partial charge >= 0.3 is 0 Å². The minimum Gasteiger partial charge on any atom is -0.352 e. The van der Waals surface area contributed by atoms with Gasteiger partial charge in [-0.2, -0.15) is 5.10 Å². The van der Waals surface area contributed by atoms with E-state index in [1.54, 1.807) is 24.1 Å². The molecule has 1 aliphatic rings. The Labute approximate surface area is 113 Å². The first-order chi connectivity index (χ1) is 8.70. The molecule has 5 heteroatoms. The van der Waals surface area contributed by atoms with E-state index in [1.165, 1.54) is 25.7 Å². The summed E-state index contributed by atoms with van der Waals surface area (Å²) in [6.07, 6.45) is 8.21. The van der Waals surface area contributed by atoms with Crippen molar-refractivity contribution in [1.82, 2.24) is 15.1 Å². The maximum atomic E-state index is 11.9. The molecule has 1 N–H and O–H groups in total. The molecule has 0 saturated heterocycles. The Bertz CT molecular complexity index is 405. The molecule has 0 spiro atoms. The number of aryl methyl sites for hydroxylation is 1. The number of nitrogens with one attached hydrogen (secondary N) is 1. The van der Waals surface area contributed by atoms with Gasteiger partial charge in [0, 0.05) is 25.7 Å². The molecule has 1 aromatic rings. The zero-order valence-electron chi connectivity index (χ0n) is 10.7. The number of carbonyl (C=O) groups excluding carboxylic acids is 1. The van der Waals surface area contributed by atoms with Gasteiger partial charge < -0.3 is 5.32 Å². The molecule has 18 heavy (non-hydrogen) atoms. The van der Waals surface area contributed by atoms with Gasteiger partial charge in [-0.25, -0.2) is 0 Å². The number of amides is 1. The summed E-state index contributed by atoms with van der Waals surface area (Å²) >= 11 is 5.98. The minimum atomic E-state index is -0.0398. The van der Waals surface area contributed by atoms with Crippen LogP contribution in [-0.4, -0.2) is 28.1 Å². The molecule has 1 amide bonds. The predicted molar refractivity (Wildman–Crippen MR) is 71.7 cm³/mol. The van der Waals surface area contributed by atoms with Crippen molar-refractivity contribution < 1.29 is 4.79 Å². The monoisotopic (exact) mass is 269 g/mol. The summed E-state index contributed by atoms with van der Waals surface area (Å²) in [6, 6.07) is 0. The van der Waals surface area contributed by atoms with Gasteiger partial charge in [0.2, 0.25) is 0 Å². The Morgan fingerprint density at radius 3 is 2.83 bits per heavy atom. The van der Waals surface area contributed by atoms with Gasteiger partial charge in [0.1, 0.15) is 0 Å². The highest BCUT2D eigenvalue weighted by Gasteiger charge is 2.24. The lowest BCUT2D eigenvalue weighted by Gasteiger charge is -2.30. The van der Waals surface area contributed by atoms with E-state index >= 15 is 0 Å². The number of carbonyl (C=O) groups is 1. The van der Waals surface area contributed by atoms with E-state index in [4.69, 9.17) is 11.6 Å². The fourth-order valence-corrected chi connectivity index (χ4v) is 3.03. The van der Waals surface area contributed by atoms with Crippen molar-refractivity contribution in [3.63, 3.8) is 0 Å². The molecule has 0 aromatic carbocycles. The standard InChI is InChI=1S/C13H20ClN3O/c1-17-9-12(8-16-17)13(18)15-7-11-5-3-2-4-10(11)6-14/h8-11H,2-7H2,1H3,(H,15,18). The third-order valence-corrected chi connectivity index (χ3v) is 4.15. The summed E-state index contributed by atoms with van der Waals surface area (Å²) in [4.78, 5) is 11.9. The maximum absolute atomic E-state index is 11.9. The van der Waals surface area contributed by atoms with E-state index in [9.17, 15) is 4.79 Å². The molecule has 2 unspecified atom stereocenters. The molecular weight excluding hydrogens is 250 g/mol. The van der Waals surface area contributed by atoms with Gasteiger partial charge in [-0.05, 0) is 24.7 Å². The number of hydrogen-bond acceptors (Lipinski definition) is 2. The number of alkyl halides is 1. The molecule has 2 rings (SSSR count). The lowest BCUT2D eigenvalue weighted by molar-refractivity contribution is 0.0936. The predicted octanol–water partition coefficient (Wildman–Crippen LogP) is 2.20. The average Bonchev–Trinajstić information content (AvgIpc) is 2.83. The molecule has 100 valence electrons. The van der Waals surface area contributed by atoms with Gasteiger partial charge in [0.25, 0.3) is 5.91 Å². The molecule has 0 radical (unpaired) electrons. The van der Waals surface area contributed by atoms with Crippen LogP contribution in [0.1, 0.15) is 36.0 Å². The number of nitrogens with zero attached hydrogens (tertiary/aromatic N) is 2. The summed E-state index contributed by atoms with van der Waals surface area (Å²) in [7, 11) is 1.81. The number of rotatable bonds is 4. The highest BCUT2D eigenvalue weighted by molar-refractivity contribution is 6.18. The van der Waals surface area contributed by atoms with E-state index in [-0.39, 0.29) is 5.91 Å². The fraction of sp³-hybridized carbons (Fsp3) is 0.692. The Morgan fingerprint density at radius 1 is 1.50 bits per heavy atom. The van der Waals surface area contributed by atoms with Crippen LogP contribution in [0.25, 0.3) is 0 Å². The highest BCUT2D eigenvalue weighted by atomic mass is 35.5. The van der Waals surface area contributed by atoms with Crippen LogP contribution >= 0.6 is 11.6 Å². The molecule has 1 saturated carbocycles. The highest BCUT2D eigenvalue weighted by Crippen LogP contribution is 2.30. The summed E-state index contributed by atoms with van der Waals surface area (Å²) in [5.74, 6) is 1.74. The zero-order chi connectivity index (χ0) is 13.0. The van der Waals surface area contributed by atoms with Crippen molar-refractivity contribution in [2.75, 3.05) is 12.4 Å². The molecule has 1 aliphatic carbocycles. The summed E-state index contributed by atoms with van der Waals surface area (Å²) in [5.41, 5.74) is 0.621. The molecule has 4 nitrogen and oxygen atoms in total. The number of halogens is 1. The van der Waals surface area contributed by atoms with Crippen LogP contribution < -0.4 is 5.32 Å². The number of hydrogen-bond donors (Lipinski definition) is 1. The summed E-state index contributed by atoms with van der Waals surface area (Å²) < 4.78 is 1.64. The summed E-state index contributed by atoms with van der Waals surface area (Å²) in [6.45, 7) is 0.727. The molecule has 1 fully saturated rings. The molecule has 1 heterocycles. The van der Waals surface area contributed by atoms with Crippen LogP contribution in [0.2, 0.25) is 0 Å². The van der Waals surface area contributed by atoms with E-state index < -0.39 is 0 Å². The summed E-state index contributed by atoms with van der Waals surface area (Å²) in [5, 5.41) is 6.99. The van der Waals surface area contributed by atoms with Crippen LogP contribution in [0.3, 0.4) is 0 Å². The van der Waals surface area contributed by atoms with Crippen LogP contribution in [0.15, 0.2) is 12.4 Å². The van der Waals surface area contributed by atoms with Crippen molar-refractivity contribution in [3.05, 3.63) is 18.0 Å². The third kappa shape index (κ3) is 3.25. The molecular formula is C13H20ClN3O. The largest absolute Gasteiger partial charge is 0.352 e. The second-order valence-corrected chi connectivity index (χ2v) is 5.38. The smallest absolute Gasteiger partial charge is 0.254 e. The van der Waals surface area contributed by atoms with E-state index in [0.29, 0.717) is 23.3 Å². The minimum absolute atomic E-state index is 0.0398. The van der Waals surface area contributed by atoms with Gasteiger partial charge in [-0.3, -0.25) is 9.48 Å². The second kappa shape index (κ2) is 6.23. The van der Waals surface area contributed by atoms with E-state index in [1.807, 2.05) is 0 Å². The molecule has 0 bridgehead atoms. The topological polar surface area (TPSA) is 46.9 Å². The van der Waals surface area contributed by atoms with Crippen molar-refractivity contribution in [3.8, 4) is 0 Å². The third-order valence-electron chi connectivity index (χ3n) is 3.76. The Kier molecular flexibility index (Phi) is 4.64. The maximum Gasteiger partial charge on any atom is 0.254 e. The Balaban J connectivity index is 1.85. The molecule has 1 aromatic heterocycles. The van der Waals surface area contributed by atoms with Crippen LogP contribution in [-0.2, 0) is 7.05 Å². The fourth-order valence-electron chi connectivity index (χ4n) is 2.62. The molecule has 2 atom stereocenters. The van der Waals surface area contributed by atoms with E-state index in [0.717, 1.165) is 6.54 Å². The van der Waals surface area contributed by atoms with Gasteiger partial charge in [0.05, 0.1) is 11.8 Å². The van der Waals surface area contributed by atoms with Crippen LogP contribution in [0.5, 0.6) is 0 Å². The lowest BCUT2D eigenvalue weighted by Crippen LogP contribution is -2.34. The van der Waals surface area contributed by atoms with E-state index in [2.05, 4.69) is 10.4 Å². The van der Waals surface area contributed by atoms with Crippen molar-refractivity contribution in [2.45, 2.75) is 25.7 Å². The zero-order valence-corrected chi connectivity index (χ0v) is 11.5. The van der Waals surface area contributed by atoms with Crippen molar-refractivity contribution in [1.29, 1.82) is 0 Å². The first-order valence-electron chi connectivity index (χ1n) is 6.53. The molecule has 0 aliphatic heterocycles. The van der Waals surface area contributed by atoms with Gasteiger partial charge in [0.15, 0.2) is 0 Å². The normalized spacial score (nSPS) is 23.9. The Hall–Kier alpha value is -1.03. The number of aromatic nitrogens is 2. The van der Waals surface area contributed by atoms with Crippen LogP contribution in [0.4, 0.5) is 0 Å². The lowest BCUT2D eigenvalue weighted by atomic mass is 9.80. The second-order valence-electron chi connectivity index (χ2n) is 5.07.